The van der Waals surface area contributed by atoms with E-state index in [0.29, 0.717) is 24.9 Å². The lowest BCUT2D eigenvalue weighted by atomic mass is 9.93. The van der Waals surface area contributed by atoms with Crippen LogP contribution in [0, 0.1) is 5.92 Å². The molecular formula is C20H24N6O2. The molecule has 1 saturated heterocycles. The van der Waals surface area contributed by atoms with Crippen molar-refractivity contribution in [3.8, 4) is 17.1 Å². The number of pyridine rings is 1. The Bertz CT molecular complexity index is 1030. The minimum atomic E-state index is -0.127. The van der Waals surface area contributed by atoms with E-state index >= 15 is 0 Å². The number of carbonyl (C=O) groups excluding carboxylic acids is 1. The van der Waals surface area contributed by atoms with Gasteiger partial charge < -0.3 is 14.6 Å². The highest BCUT2D eigenvalue weighted by molar-refractivity contribution is 5.84. The number of ether oxygens (including phenoxy) is 1. The number of nitrogens with one attached hydrogen (secondary N) is 1. The summed E-state index contributed by atoms with van der Waals surface area (Å²) in [6, 6.07) is 2.49. The Morgan fingerprint density at radius 1 is 1.36 bits per heavy atom. The van der Waals surface area contributed by atoms with E-state index in [1.54, 1.807) is 6.33 Å². The Hall–Kier alpha value is -2.90. The summed E-state index contributed by atoms with van der Waals surface area (Å²) in [6.45, 7) is 2.64. The van der Waals surface area contributed by atoms with Crippen molar-refractivity contribution >= 4 is 16.9 Å². The number of rotatable bonds is 5. The Kier molecular flexibility index (Phi) is 4.07. The number of aromatic nitrogens is 5. The lowest BCUT2D eigenvalue weighted by molar-refractivity contribution is -0.119. The minimum absolute atomic E-state index is 0.0799. The van der Waals surface area contributed by atoms with Gasteiger partial charge in [0.1, 0.15) is 11.6 Å². The number of nitrogens with zero attached hydrogens (tertiary/aromatic N) is 5. The summed E-state index contributed by atoms with van der Waals surface area (Å²) in [6.07, 6.45) is 9.71. The van der Waals surface area contributed by atoms with E-state index in [2.05, 4.69) is 21.6 Å². The summed E-state index contributed by atoms with van der Waals surface area (Å²) in [5.41, 5.74) is 3.47. The van der Waals surface area contributed by atoms with E-state index in [-0.39, 0.29) is 17.9 Å². The molecule has 0 radical (unpaired) electrons. The summed E-state index contributed by atoms with van der Waals surface area (Å²) in [5, 5.41) is 7.40. The summed E-state index contributed by atoms with van der Waals surface area (Å²) >= 11 is 0. The summed E-state index contributed by atoms with van der Waals surface area (Å²) in [4.78, 5) is 20.9. The maximum absolute atomic E-state index is 11.6. The first kappa shape index (κ1) is 17.2. The van der Waals surface area contributed by atoms with Crippen molar-refractivity contribution in [1.82, 2.24) is 29.6 Å². The Balaban J connectivity index is 1.49. The van der Waals surface area contributed by atoms with Crippen LogP contribution in [0.5, 0.6) is 5.88 Å². The Morgan fingerprint density at radius 3 is 2.93 bits per heavy atom. The molecule has 28 heavy (non-hydrogen) atoms. The zero-order valence-electron chi connectivity index (χ0n) is 16.1. The molecule has 1 unspecified atom stereocenters. The third-order valence-electron chi connectivity index (χ3n) is 5.98. The molecule has 8 heteroatoms. The smallest absolute Gasteiger partial charge is 0.241 e. The molecule has 1 amide bonds. The zero-order valence-corrected chi connectivity index (χ0v) is 16.1. The van der Waals surface area contributed by atoms with Crippen LogP contribution < -0.4 is 10.1 Å². The lowest BCUT2D eigenvalue weighted by Gasteiger charge is -2.25. The van der Waals surface area contributed by atoms with Gasteiger partial charge in [0.15, 0.2) is 0 Å². The number of aryl methyl sites for hydroxylation is 1. The Morgan fingerprint density at radius 2 is 2.21 bits per heavy atom. The molecular weight excluding hydrogens is 356 g/mol. The molecule has 0 bridgehead atoms. The average molecular weight is 380 g/mol. The monoisotopic (exact) mass is 380 g/mol. The van der Waals surface area contributed by atoms with E-state index in [4.69, 9.17) is 9.72 Å². The number of amides is 1. The van der Waals surface area contributed by atoms with Crippen molar-refractivity contribution in [2.75, 3.05) is 6.54 Å². The van der Waals surface area contributed by atoms with Gasteiger partial charge in [-0.1, -0.05) is 0 Å². The fraction of sp³-hybridized carbons (Fsp3) is 0.500. The SMILES string of the molecule is C[C@@H](Oc1nc(-c2cnn(C3CCC3)c2)cc2ncn(C)c12)C1CNC(=O)C1. The number of fused-ring (bicyclic) bond motifs is 1. The van der Waals surface area contributed by atoms with E-state index in [0.717, 1.165) is 22.3 Å². The zero-order chi connectivity index (χ0) is 19.3. The molecule has 1 aliphatic carbocycles. The van der Waals surface area contributed by atoms with Gasteiger partial charge in [0, 0.05) is 37.7 Å². The molecule has 2 aliphatic rings. The molecule has 3 aromatic rings. The van der Waals surface area contributed by atoms with E-state index in [9.17, 15) is 4.79 Å². The number of imidazole rings is 1. The van der Waals surface area contributed by atoms with E-state index in [1.807, 2.05) is 35.5 Å². The normalized spacial score (nSPS) is 20.9. The predicted octanol–water partition coefficient (Wildman–Crippen LogP) is 2.46. The lowest BCUT2D eigenvalue weighted by Crippen LogP contribution is -2.26. The molecule has 3 aromatic heterocycles. The molecule has 4 heterocycles. The molecule has 0 aromatic carbocycles. The van der Waals surface area contributed by atoms with Crippen LogP contribution in [0.3, 0.4) is 0 Å². The van der Waals surface area contributed by atoms with Crippen LogP contribution in [0.2, 0.25) is 0 Å². The van der Waals surface area contributed by atoms with Gasteiger partial charge in [-0.15, -0.1) is 0 Å². The fourth-order valence-corrected chi connectivity index (χ4v) is 3.92. The van der Waals surface area contributed by atoms with Gasteiger partial charge in [0.05, 0.1) is 29.8 Å². The summed E-state index contributed by atoms with van der Waals surface area (Å²) in [5.74, 6) is 0.773. The third kappa shape index (κ3) is 2.93. The number of hydrogen-bond acceptors (Lipinski definition) is 5. The molecule has 8 nitrogen and oxygen atoms in total. The number of hydrogen-bond donors (Lipinski definition) is 1. The van der Waals surface area contributed by atoms with Crippen LogP contribution in [0.1, 0.15) is 38.6 Å². The summed E-state index contributed by atoms with van der Waals surface area (Å²) in [7, 11) is 1.93. The predicted molar refractivity (Wildman–Crippen MR) is 104 cm³/mol. The first-order valence-corrected chi connectivity index (χ1v) is 9.88. The van der Waals surface area contributed by atoms with Gasteiger partial charge in [-0.05, 0) is 32.3 Å². The molecule has 5 rings (SSSR count). The van der Waals surface area contributed by atoms with Crippen LogP contribution in [0.25, 0.3) is 22.3 Å². The largest absolute Gasteiger partial charge is 0.473 e. The molecule has 0 spiro atoms. The fourth-order valence-electron chi connectivity index (χ4n) is 3.92. The highest BCUT2D eigenvalue weighted by Crippen LogP contribution is 2.34. The molecule has 1 N–H and O–H groups in total. The highest BCUT2D eigenvalue weighted by Gasteiger charge is 2.29. The maximum Gasteiger partial charge on any atom is 0.241 e. The van der Waals surface area contributed by atoms with Crippen LogP contribution in [-0.2, 0) is 11.8 Å². The van der Waals surface area contributed by atoms with Crippen LogP contribution in [0.4, 0.5) is 0 Å². The molecule has 1 aliphatic heterocycles. The molecule has 2 fully saturated rings. The van der Waals surface area contributed by atoms with Gasteiger partial charge in [-0.3, -0.25) is 9.48 Å². The number of carbonyl (C=O) groups is 1. The second kappa shape index (κ2) is 6.61. The van der Waals surface area contributed by atoms with Crippen molar-refractivity contribution in [2.45, 2.75) is 44.8 Å². The van der Waals surface area contributed by atoms with Gasteiger partial charge in [0.25, 0.3) is 0 Å². The second-order valence-corrected chi connectivity index (χ2v) is 7.92. The molecule has 146 valence electrons. The van der Waals surface area contributed by atoms with Crippen molar-refractivity contribution in [3.63, 3.8) is 0 Å². The highest BCUT2D eigenvalue weighted by atomic mass is 16.5. The Labute approximate surface area is 162 Å². The quantitative estimate of drug-likeness (QED) is 0.735. The van der Waals surface area contributed by atoms with Crippen molar-refractivity contribution in [3.05, 3.63) is 24.8 Å². The first-order valence-electron chi connectivity index (χ1n) is 9.88. The maximum atomic E-state index is 11.6. The van der Waals surface area contributed by atoms with Crippen molar-refractivity contribution in [1.29, 1.82) is 0 Å². The van der Waals surface area contributed by atoms with Gasteiger partial charge >= 0.3 is 0 Å². The van der Waals surface area contributed by atoms with Gasteiger partial charge in [0.2, 0.25) is 11.8 Å². The van der Waals surface area contributed by atoms with Crippen molar-refractivity contribution in [2.24, 2.45) is 13.0 Å². The van der Waals surface area contributed by atoms with Gasteiger partial charge in [-0.25, -0.2) is 9.97 Å². The summed E-state index contributed by atoms with van der Waals surface area (Å²) < 4.78 is 10.2. The topological polar surface area (TPSA) is 86.9 Å². The second-order valence-electron chi connectivity index (χ2n) is 7.92. The molecule has 2 atom stereocenters. The van der Waals surface area contributed by atoms with Crippen LogP contribution in [0.15, 0.2) is 24.8 Å². The van der Waals surface area contributed by atoms with Crippen molar-refractivity contribution < 1.29 is 9.53 Å². The molecule has 1 saturated carbocycles. The standard InChI is InChI=1S/C20H24N6O2/c1-12(13-6-18(27)21-8-13)28-20-19-17(22-11-25(19)2)7-16(24-20)14-9-23-26(10-14)15-4-3-5-15/h7,9-13,15H,3-6,8H2,1-2H3,(H,21,27)/t12-,13?/m1/s1. The van der Waals surface area contributed by atoms with Crippen LogP contribution >= 0.6 is 0 Å². The average Bonchev–Trinajstić information content (AvgIpc) is 3.34. The van der Waals surface area contributed by atoms with Crippen LogP contribution in [-0.4, -0.2) is 42.9 Å². The first-order chi connectivity index (χ1) is 13.6. The van der Waals surface area contributed by atoms with Gasteiger partial charge in [-0.2, -0.15) is 5.10 Å². The third-order valence-corrected chi connectivity index (χ3v) is 5.98. The van der Waals surface area contributed by atoms with E-state index in [1.165, 1.54) is 19.3 Å². The van der Waals surface area contributed by atoms with E-state index < -0.39 is 0 Å². The minimum Gasteiger partial charge on any atom is -0.473 e.